The molecule has 0 saturated carbocycles. The molecule has 0 fully saturated rings. The topological polar surface area (TPSA) is 74.3 Å². The number of rotatable bonds is 5. The van der Waals surface area contributed by atoms with Crippen LogP contribution in [0.15, 0.2) is 29.7 Å². The summed E-state index contributed by atoms with van der Waals surface area (Å²) in [6, 6.07) is 0. The van der Waals surface area contributed by atoms with Gasteiger partial charge in [0.15, 0.2) is 0 Å². The average molecular weight is 244 g/mol. The second-order valence-electron chi connectivity index (χ2n) is 3.88. The van der Waals surface area contributed by atoms with E-state index in [0.29, 0.717) is 6.92 Å². The Labute approximate surface area is 99.8 Å². The Hall–Kier alpha value is -1.72. The van der Waals surface area contributed by atoms with Crippen molar-refractivity contribution in [2.24, 2.45) is 16.6 Å². The number of allylic oxidation sites excluding steroid dienone is 1. The highest BCUT2D eigenvalue weighted by Crippen LogP contribution is 2.16. The normalized spacial score (nSPS) is 13.2. The van der Waals surface area contributed by atoms with Crippen molar-refractivity contribution in [2.45, 2.75) is 26.7 Å². The van der Waals surface area contributed by atoms with Gasteiger partial charge >= 0.3 is 0 Å². The summed E-state index contributed by atoms with van der Waals surface area (Å²) in [6.07, 6.45) is 1.99. The summed E-state index contributed by atoms with van der Waals surface area (Å²) >= 11 is 0. The summed E-state index contributed by atoms with van der Waals surface area (Å²) in [6.45, 7) is 7.77. The van der Waals surface area contributed by atoms with E-state index in [9.17, 15) is 8.78 Å². The molecular formula is C11H18F2N4. The van der Waals surface area contributed by atoms with Crippen molar-refractivity contribution in [1.82, 2.24) is 5.32 Å². The first-order valence-electron chi connectivity index (χ1n) is 5.08. The first-order chi connectivity index (χ1) is 7.68. The van der Waals surface area contributed by atoms with Crippen LogP contribution >= 0.6 is 0 Å². The summed E-state index contributed by atoms with van der Waals surface area (Å²) in [5.41, 5.74) is 4.56. The molecule has 0 aliphatic rings. The van der Waals surface area contributed by atoms with Gasteiger partial charge in [-0.2, -0.15) is 8.78 Å². The molecule has 0 radical (unpaired) electrons. The van der Waals surface area contributed by atoms with Crippen LogP contribution in [0.5, 0.6) is 0 Å². The van der Waals surface area contributed by atoms with Crippen LogP contribution in [0.4, 0.5) is 8.78 Å². The molecule has 0 aliphatic carbocycles. The summed E-state index contributed by atoms with van der Waals surface area (Å²) in [4.78, 5) is 3.61. The third-order valence-electron chi connectivity index (χ3n) is 1.82. The molecule has 0 aromatic heterocycles. The summed E-state index contributed by atoms with van der Waals surface area (Å²) in [5.74, 6) is -3.02. The first kappa shape index (κ1) is 15.3. The second kappa shape index (κ2) is 6.12. The summed E-state index contributed by atoms with van der Waals surface area (Å²) in [7, 11) is 0. The van der Waals surface area contributed by atoms with Gasteiger partial charge in [-0.05, 0) is 12.3 Å². The number of alkyl halides is 2. The minimum absolute atomic E-state index is 0.0154. The van der Waals surface area contributed by atoms with Crippen molar-refractivity contribution in [3.63, 3.8) is 0 Å². The number of nitrogens with two attached hydrogens (primary N) is 1. The van der Waals surface area contributed by atoms with E-state index in [1.54, 1.807) is 13.8 Å². The third-order valence-corrected chi connectivity index (χ3v) is 1.82. The van der Waals surface area contributed by atoms with E-state index in [-0.39, 0.29) is 17.6 Å². The molecular weight excluding hydrogens is 226 g/mol. The summed E-state index contributed by atoms with van der Waals surface area (Å²) < 4.78 is 26.1. The lowest BCUT2D eigenvalue weighted by molar-refractivity contribution is 0.102. The quantitative estimate of drug-likeness (QED) is 0.512. The van der Waals surface area contributed by atoms with Gasteiger partial charge in [-0.3, -0.25) is 5.41 Å². The van der Waals surface area contributed by atoms with E-state index in [4.69, 9.17) is 11.1 Å². The van der Waals surface area contributed by atoms with Crippen molar-refractivity contribution >= 4 is 11.5 Å². The minimum Gasteiger partial charge on any atom is -0.405 e. The zero-order chi connectivity index (χ0) is 13.6. The maximum Gasteiger partial charge on any atom is 0.287 e. The van der Waals surface area contributed by atoms with Crippen molar-refractivity contribution in [3.8, 4) is 0 Å². The van der Waals surface area contributed by atoms with Crippen molar-refractivity contribution in [3.05, 3.63) is 24.7 Å². The van der Waals surface area contributed by atoms with Gasteiger partial charge in [-0.25, -0.2) is 4.99 Å². The van der Waals surface area contributed by atoms with E-state index < -0.39 is 11.6 Å². The van der Waals surface area contributed by atoms with Crippen LogP contribution in [-0.2, 0) is 0 Å². The molecule has 0 heterocycles. The minimum atomic E-state index is -3.11. The first-order valence-corrected chi connectivity index (χ1v) is 5.08. The standard InChI is InChI=1S/C11H18F2N4/c1-7(2)10(15)17-8(3)16-9(5-6-14)11(4,12)13/h5-7H,3,14H2,1-2,4H3,(H2,15,17)/b6-5-,16-9?. The predicted octanol–water partition coefficient (Wildman–Crippen LogP) is 2.25. The molecule has 0 rings (SSSR count). The molecule has 4 nitrogen and oxygen atoms in total. The van der Waals surface area contributed by atoms with Crippen LogP contribution in [-0.4, -0.2) is 17.5 Å². The Morgan fingerprint density at radius 1 is 1.53 bits per heavy atom. The number of aliphatic imine (C=N–C) groups is 1. The van der Waals surface area contributed by atoms with E-state index >= 15 is 0 Å². The molecule has 0 spiro atoms. The SMILES string of the molecule is C=C(N=C(/C=C\N)C(C)(F)F)NC(=N)C(C)C. The molecule has 0 aromatic carbocycles. The maximum atomic E-state index is 13.1. The number of nitrogens with zero attached hydrogens (tertiary/aromatic N) is 1. The lowest BCUT2D eigenvalue weighted by Crippen LogP contribution is -2.28. The zero-order valence-electron chi connectivity index (χ0n) is 10.2. The Morgan fingerprint density at radius 2 is 2.06 bits per heavy atom. The second-order valence-corrected chi connectivity index (χ2v) is 3.88. The number of nitrogens with one attached hydrogen (secondary N) is 2. The average Bonchev–Trinajstić information content (AvgIpc) is 2.15. The lowest BCUT2D eigenvalue weighted by atomic mass is 10.2. The van der Waals surface area contributed by atoms with Gasteiger partial charge in [0.05, 0.1) is 0 Å². The number of hydrogen-bond donors (Lipinski definition) is 3. The van der Waals surface area contributed by atoms with Gasteiger partial charge in [-0.15, -0.1) is 0 Å². The Bertz CT molecular complexity index is 351. The lowest BCUT2D eigenvalue weighted by Gasteiger charge is -2.13. The van der Waals surface area contributed by atoms with E-state index in [1.165, 1.54) is 0 Å². The molecule has 6 heteroatoms. The Morgan fingerprint density at radius 3 is 2.41 bits per heavy atom. The number of hydrogen-bond acceptors (Lipinski definition) is 3. The number of amidine groups is 1. The van der Waals surface area contributed by atoms with Gasteiger partial charge in [0, 0.05) is 12.8 Å². The molecule has 0 unspecified atom stereocenters. The zero-order valence-corrected chi connectivity index (χ0v) is 10.2. The van der Waals surface area contributed by atoms with Crippen LogP contribution in [0.2, 0.25) is 0 Å². The highest BCUT2D eigenvalue weighted by atomic mass is 19.3. The summed E-state index contributed by atoms with van der Waals surface area (Å²) in [5, 5.41) is 10.0. The monoisotopic (exact) mass is 244 g/mol. The maximum absolute atomic E-state index is 13.1. The van der Waals surface area contributed by atoms with Gasteiger partial charge in [0.25, 0.3) is 5.92 Å². The molecule has 0 aliphatic heterocycles. The molecule has 0 atom stereocenters. The van der Waals surface area contributed by atoms with Crippen LogP contribution in [0.3, 0.4) is 0 Å². The largest absolute Gasteiger partial charge is 0.405 e. The van der Waals surface area contributed by atoms with Gasteiger partial charge in [0.2, 0.25) is 0 Å². The van der Waals surface area contributed by atoms with E-state index in [1.807, 2.05) is 0 Å². The predicted molar refractivity (Wildman–Crippen MR) is 66.2 cm³/mol. The van der Waals surface area contributed by atoms with E-state index in [2.05, 4.69) is 16.9 Å². The Kier molecular flexibility index (Phi) is 5.50. The third kappa shape index (κ3) is 5.79. The van der Waals surface area contributed by atoms with Crippen LogP contribution in [0.1, 0.15) is 20.8 Å². The van der Waals surface area contributed by atoms with Crippen LogP contribution in [0, 0.1) is 11.3 Å². The van der Waals surface area contributed by atoms with E-state index in [0.717, 1.165) is 12.3 Å². The fourth-order valence-electron chi connectivity index (χ4n) is 0.846. The van der Waals surface area contributed by atoms with Crippen LogP contribution in [0.25, 0.3) is 0 Å². The smallest absolute Gasteiger partial charge is 0.287 e. The van der Waals surface area contributed by atoms with Crippen molar-refractivity contribution in [2.75, 3.05) is 0 Å². The highest BCUT2D eigenvalue weighted by Gasteiger charge is 2.27. The Balaban J connectivity index is 4.85. The number of halogens is 2. The molecule has 4 N–H and O–H groups in total. The fraction of sp³-hybridized carbons (Fsp3) is 0.455. The molecule has 96 valence electrons. The van der Waals surface area contributed by atoms with Gasteiger partial charge < -0.3 is 11.1 Å². The van der Waals surface area contributed by atoms with Crippen molar-refractivity contribution in [1.29, 1.82) is 5.41 Å². The molecule has 0 saturated heterocycles. The molecule has 0 bridgehead atoms. The molecule has 17 heavy (non-hydrogen) atoms. The van der Waals surface area contributed by atoms with Gasteiger partial charge in [-0.1, -0.05) is 20.4 Å². The fourth-order valence-corrected chi connectivity index (χ4v) is 0.846. The van der Waals surface area contributed by atoms with Crippen molar-refractivity contribution < 1.29 is 8.78 Å². The molecule has 0 amide bonds. The van der Waals surface area contributed by atoms with Crippen LogP contribution < -0.4 is 11.1 Å². The molecule has 0 aromatic rings. The highest BCUT2D eigenvalue weighted by molar-refractivity contribution is 6.01. The van der Waals surface area contributed by atoms with Gasteiger partial charge in [0.1, 0.15) is 17.4 Å².